The summed E-state index contributed by atoms with van der Waals surface area (Å²) in [6.07, 6.45) is -0.577. The molecule has 1 aromatic rings. The number of hydrogen-bond acceptors (Lipinski definition) is 12. The molecular weight excluding hydrogens is 815 g/mol. The zero-order chi connectivity index (χ0) is 47.8. The molecule has 0 aliphatic carbocycles. The summed E-state index contributed by atoms with van der Waals surface area (Å²) in [5, 5.41) is 25.6. The Kier molecular flexibility index (Phi) is 25.9. The maximum atomic E-state index is 13.9. The number of aliphatic imine (C=N–C) groups is 1. The van der Waals surface area contributed by atoms with Crippen LogP contribution in [0.2, 0.25) is 0 Å². The molecule has 18 nitrogen and oxygen atoms in total. The van der Waals surface area contributed by atoms with E-state index in [1.165, 1.54) is 13.8 Å². The van der Waals surface area contributed by atoms with E-state index in [2.05, 4.69) is 15.6 Å². The first-order valence-electron chi connectivity index (χ1n) is 21.9. The number of nitrogens with zero attached hydrogens (tertiary/aromatic N) is 1. The number of Topliss-reactive ketones (excluding diaryl/α,β-unsaturated/α-hetero) is 3. The van der Waals surface area contributed by atoms with Gasteiger partial charge in [-0.1, -0.05) is 71.4 Å². The smallest absolute Gasteiger partial charge is 0.309 e. The second-order valence-corrected chi connectivity index (χ2v) is 17.3. The fourth-order valence-corrected chi connectivity index (χ4v) is 7.01. The van der Waals surface area contributed by atoms with Gasteiger partial charge in [-0.25, -0.2) is 0 Å². The zero-order valence-corrected chi connectivity index (χ0v) is 37.9. The molecule has 0 unspecified atom stereocenters. The number of benzene rings is 1. The first-order chi connectivity index (χ1) is 29.5. The quantitative estimate of drug-likeness (QED) is 0.0218. The fraction of sp³-hybridized carbons (Fsp3) is 0.667. The summed E-state index contributed by atoms with van der Waals surface area (Å²) in [6, 6.07) is 6.02. The average Bonchev–Trinajstić information content (AvgIpc) is 3.20. The summed E-state index contributed by atoms with van der Waals surface area (Å²) in [5.74, 6) is -9.65. The summed E-state index contributed by atoms with van der Waals surface area (Å²) in [6.45, 7) is 10.3. The lowest BCUT2D eigenvalue weighted by Crippen LogP contribution is -2.50. The number of rotatable bonds is 33. The predicted molar refractivity (Wildman–Crippen MR) is 237 cm³/mol. The largest absolute Gasteiger partial charge is 0.481 e. The van der Waals surface area contributed by atoms with E-state index in [4.69, 9.17) is 27.7 Å². The first-order valence-corrected chi connectivity index (χ1v) is 21.9. The van der Waals surface area contributed by atoms with Crippen molar-refractivity contribution >= 4 is 53.0 Å². The van der Waals surface area contributed by atoms with Crippen LogP contribution in [-0.2, 0) is 49.7 Å². The Morgan fingerprint density at radius 3 is 1.92 bits per heavy atom. The number of primary amides is 1. The number of aliphatic carboxylic acids is 1. The Hall–Kier alpha value is -5.23. The number of hydrogen-bond donors (Lipinski definition) is 8. The molecule has 0 saturated heterocycles. The lowest BCUT2D eigenvalue weighted by atomic mass is 9.87. The molecule has 1 aromatic carbocycles. The van der Waals surface area contributed by atoms with E-state index < -0.39 is 108 Å². The van der Waals surface area contributed by atoms with E-state index >= 15 is 0 Å². The number of carboxylic acids is 1. The van der Waals surface area contributed by atoms with E-state index in [0.29, 0.717) is 25.8 Å². The number of nitrogens with two attached hydrogens (primary N) is 4. The van der Waals surface area contributed by atoms with Crippen LogP contribution in [0.25, 0.3) is 0 Å². The normalized spacial score (nSPS) is 15.1. The highest BCUT2D eigenvalue weighted by Crippen LogP contribution is 2.24. The van der Waals surface area contributed by atoms with Gasteiger partial charge >= 0.3 is 11.9 Å². The lowest BCUT2D eigenvalue weighted by Gasteiger charge is -2.28. The second kappa shape index (κ2) is 29.2. The van der Waals surface area contributed by atoms with Crippen molar-refractivity contribution in [3.8, 4) is 0 Å². The highest BCUT2D eigenvalue weighted by atomic mass is 16.5. The topological polar surface area (TPSA) is 327 Å². The third-order valence-corrected chi connectivity index (χ3v) is 10.9. The summed E-state index contributed by atoms with van der Waals surface area (Å²) in [7, 11) is 0. The summed E-state index contributed by atoms with van der Waals surface area (Å²) < 4.78 is 5.58. The third kappa shape index (κ3) is 22.6. The molecule has 8 atom stereocenters. The molecule has 0 saturated carbocycles. The van der Waals surface area contributed by atoms with Crippen LogP contribution in [0.3, 0.4) is 0 Å². The molecular formula is C45H73N7O11. The van der Waals surface area contributed by atoms with Gasteiger partial charge in [-0.2, -0.15) is 0 Å². The van der Waals surface area contributed by atoms with Gasteiger partial charge in [0.15, 0.2) is 17.5 Å². The van der Waals surface area contributed by atoms with Gasteiger partial charge in [-0.15, -0.1) is 0 Å². The van der Waals surface area contributed by atoms with E-state index in [9.17, 15) is 48.6 Å². The molecule has 354 valence electrons. The van der Waals surface area contributed by atoms with Gasteiger partial charge in [-0.3, -0.25) is 43.3 Å². The van der Waals surface area contributed by atoms with Gasteiger partial charge < -0.3 is 48.5 Å². The maximum absolute atomic E-state index is 13.9. The number of carbonyl (C=O) groups is 8. The molecule has 0 aliphatic rings. The molecule has 1 rings (SSSR count). The minimum Gasteiger partial charge on any atom is -0.481 e. The van der Waals surface area contributed by atoms with Gasteiger partial charge in [0, 0.05) is 44.1 Å². The number of ketones is 3. The molecule has 0 spiro atoms. The molecule has 63 heavy (non-hydrogen) atoms. The average molecular weight is 888 g/mol. The SMILES string of the molecule is CC(C)C[C@@H](NC(=O)[C@@H](CCC(=O)O)CC(=O)[C@H](NC(=O)[C@H](CCC[C@@H](CC(=O)[C@H](N)CCCCN=C(N)N)C(=O)OCc1ccccc1)[C@@H](C)O)C(C)C)C(=O)C[C@H](C)C(N)=O. The van der Waals surface area contributed by atoms with Crippen molar-refractivity contribution in [1.29, 1.82) is 0 Å². The number of esters is 1. The number of amides is 3. The minimum atomic E-state index is -1.20. The molecule has 0 radical (unpaired) electrons. The summed E-state index contributed by atoms with van der Waals surface area (Å²) in [4.78, 5) is 108. The van der Waals surface area contributed by atoms with Crippen LogP contribution in [0.15, 0.2) is 35.3 Å². The molecule has 0 heterocycles. The number of carboxylic acid groups (broad SMARTS) is 1. The van der Waals surface area contributed by atoms with Crippen molar-refractivity contribution in [2.45, 2.75) is 149 Å². The number of guanidine groups is 1. The third-order valence-electron chi connectivity index (χ3n) is 10.9. The van der Waals surface area contributed by atoms with Gasteiger partial charge in [0.25, 0.3) is 0 Å². The van der Waals surface area contributed by atoms with Crippen molar-refractivity contribution in [2.24, 2.45) is 63.4 Å². The molecule has 12 N–H and O–H groups in total. The molecule has 0 fully saturated rings. The number of unbranched alkanes of at least 4 members (excludes halogenated alkanes) is 1. The summed E-state index contributed by atoms with van der Waals surface area (Å²) >= 11 is 0. The lowest BCUT2D eigenvalue weighted by molar-refractivity contribution is -0.152. The Morgan fingerprint density at radius 1 is 0.730 bits per heavy atom. The van der Waals surface area contributed by atoms with Crippen LogP contribution in [0.5, 0.6) is 0 Å². The van der Waals surface area contributed by atoms with E-state index in [0.717, 1.165) is 5.56 Å². The molecule has 18 heteroatoms. The minimum absolute atomic E-state index is 0.0176. The molecule has 0 aliphatic heterocycles. The number of aliphatic hydroxyl groups is 1. The highest BCUT2D eigenvalue weighted by Gasteiger charge is 2.35. The first kappa shape index (κ1) is 55.8. The van der Waals surface area contributed by atoms with Gasteiger partial charge in [-0.05, 0) is 69.3 Å². The van der Waals surface area contributed by atoms with Gasteiger partial charge in [0.1, 0.15) is 12.4 Å². The Morgan fingerprint density at radius 2 is 1.37 bits per heavy atom. The zero-order valence-electron chi connectivity index (χ0n) is 37.9. The maximum Gasteiger partial charge on any atom is 0.309 e. The Labute approximate surface area is 371 Å². The van der Waals surface area contributed by atoms with Crippen molar-refractivity contribution in [2.75, 3.05) is 6.54 Å². The predicted octanol–water partition coefficient (Wildman–Crippen LogP) is 2.44. The number of ether oxygens (including phenoxy) is 1. The van der Waals surface area contributed by atoms with Crippen molar-refractivity contribution in [3.05, 3.63) is 35.9 Å². The van der Waals surface area contributed by atoms with Crippen LogP contribution in [0.4, 0.5) is 0 Å². The van der Waals surface area contributed by atoms with Crippen LogP contribution >= 0.6 is 0 Å². The van der Waals surface area contributed by atoms with Crippen LogP contribution in [0.1, 0.15) is 124 Å². The van der Waals surface area contributed by atoms with Crippen LogP contribution in [-0.4, -0.2) is 94.0 Å². The van der Waals surface area contributed by atoms with Gasteiger partial charge in [0.05, 0.1) is 36.1 Å². The number of carbonyl (C=O) groups excluding carboxylic acids is 7. The fourth-order valence-electron chi connectivity index (χ4n) is 7.01. The highest BCUT2D eigenvalue weighted by molar-refractivity contribution is 5.96. The van der Waals surface area contributed by atoms with Gasteiger partial charge in [0.2, 0.25) is 17.7 Å². The van der Waals surface area contributed by atoms with Crippen molar-refractivity contribution < 1.29 is 53.3 Å². The summed E-state index contributed by atoms with van der Waals surface area (Å²) in [5.41, 5.74) is 23.0. The number of nitrogens with one attached hydrogen (secondary N) is 2. The van der Waals surface area contributed by atoms with E-state index in [1.54, 1.807) is 38.1 Å². The van der Waals surface area contributed by atoms with Crippen LogP contribution in [0, 0.1) is 35.5 Å². The van der Waals surface area contributed by atoms with Crippen LogP contribution < -0.4 is 33.6 Å². The Balaban J connectivity index is 3.17. The monoisotopic (exact) mass is 888 g/mol. The van der Waals surface area contributed by atoms with E-state index in [-0.39, 0.29) is 69.2 Å². The van der Waals surface area contributed by atoms with Crippen molar-refractivity contribution in [3.63, 3.8) is 0 Å². The molecule has 0 aromatic heterocycles. The second-order valence-electron chi connectivity index (χ2n) is 17.3. The van der Waals surface area contributed by atoms with E-state index in [1.807, 2.05) is 19.9 Å². The Bertz CT molecular complexity index is 1680. The molecule has 0 bridgehead atoms. The standard InChI is InChI=1S/C45H73N7O11/c1-26(2)21-35(37(55)22-28(5)41(47)59)51-42(60)31(18-19-39(57)58)23-38(56)40(27(3)4)52-43(61)33(29(6)53)16-12-15-32(44(62)63-25-30-13-8-7-9-14-30)24-36(54)34(46)17-10-11-20-50-45(48)49/h7-9,13-14,26-29,31-35,40,53H,10-12,15-25,46H2,1-6H3,(H2,47,59)(H,51,60)(H,52,61)(H,57,58)(H4,48,49,50)/t28-,29+,31-,32-,33+,34+,35+,40+/m0/s1. The van der Waals surface area contributed by atoms with Crippen molar-refractivity contribution in [1.82, 2.24) is 10.6 Å². The number of aliphatic hydroxyl groups excluding tert-OH is 1. The molecule has 3 amide bonds.